The first-order valence-corrected chi connectivity index (χ1v) is 2.34. The van der Waals surface area contributed by atoms with Crippen LogP contribution in [0.25, 0.3) is 0 Å². The second kappa shape index (κ2) is 4.57. The van der Waals surface area contributed by atoms with Crippen molar-refractivity contribution in [2.75, 3.05) is 0 Å². The second-order valence-corrected chi connectivity index (χ2v) is 1.54. The zero-order valence-electron chi connectivity index (χ0n) is 6.34. The average molecular weight is 156 g/mol. The molecule has 0 bridgehead atoms. The Labute approximate surface area is 86.0 Å². The van der Waals surface area contributed by atoms with E-state index in [9.17, 15) is 0 Å². The standard InChI is InChI=1S/C5H4ClN.Ca.2H/c6-5-3-1-2-4-7-5;;;/h1-4H;;;/q;+2;2*-1. The Morgan fingerprint density at radius 3 is 2.50 bits per heavy atom. The van der Waals surface area contributed by atoms with Gasteiger partial charge in [0.15, 0.2) is 0 Å². The molecule has 0 amide bonds. The van der Waals surface area contributed by atoms with Crippen LogP contribution in [0, 0.1) is 0 Å². The van der Waals surface area contributed by atoms with E-state index in [4.69, 9.17) is 11.6 Å². The van der Waals surface area contributed by atoms with Crippen LogP contribution >= 0.6 is 11.6 Å². The predicted molar refractivity (Wildman–Crippen MR) is 37.2 cm³/mol. The number of hydrogen-bond donors (Lipinski definition) is 0. The SMILES string of the molecule is Clc1ccccn1.[Ca+2].[H-].[H-]. The molecule has 1 nitrogen and oxygen atoms in total. The topological polar surface area (TPSA) is 12.9 Å². The van der Waals surface area contributed by atoms with E-state index >= 15 is 0 Å². The molecule has 0 aliphatic rings. The molecule has 0 radical (unpaired) electrons. The molecular formula is C5H6CaClN. The molecule has 40 valence electrons. The fourth-order valence-corrected chi connectivity index (χ4v) is 0.471. The minimum Gasteiger partial charge on any atom is -1.00 e. The van der Waals surface area contributed by atoms with E-state index in [1.165, 1.54) is 0 Å². The Balaban J connectivity index is -0.000000163. The smallest absolute Gasteiger partial charge is 1.00 e. The summed E-state index contributed by atoms with van der Waals surface area (Å²) < 4.78 is 0. The van der Waals surface area contributed by atoms with Gasteiger partial charge in [0, 0.05) is 6.20 Å². The molecule has 1 rings (SSSR count). The molecule has 0 aliphatic carbocycles. The molecule has 0 saturated carbocycles. The molecule has 8 heavy (non-hydrogen) atoms. The van der Waals surface area contributed by atoms with Gasteiger partial charge in [-0.2, -0.15) is 0 Å². The van der Waals surface area contributed by atoms with Crippen molar-refractivity contribution < 1.29 is 2.85 Å². The zero-order chi connectivity index (χ0) is 5.11. The predicted octanol–water partition coefficient (Wildman–Crippen LogP) is 1.58. The monoisotopic (exact) mass is 155 g/mol. The Morgan fingerprint density at radius 1 is 1.50 bits per heavy atom. The largest absolute Gasteiger partial charge is 2.00 e. The third-order valence-corrected chi connectivity index (χ3v) is 0.852. The van der Waals surface area contributed by atoms with Crippen molar-refractivity contribution in [1.82, 2.24) is 4.98 Å². The summed E-state index contributed by atoms with van der Waals surface area (Å²) in [7, 11) is 0. The minimum absolute atomic E-state index is 0. The van der Waals surface area contributed by atoms with Crippen LogP contribution in [0.15, 0.2) is 24.4 Å². The summed E-state index contributed by atoms with van der Waals surface area (Å²) in [6.45, 7) is 0. The molecule has 0 saturated heterocycles. The van der Waals surface area contributed by atoms with Gasteiger partial charge >= 0.3 is 37.7 Å². The van der Waals surface area contributed by atoms with Gasteiger partial charge in [-0.05, 0) is 12.1 Å². The van der Waals surface area contributed by atoms with Crippen molar-refractivity contribution in [3.05, 3.63) is 29.5 Å². The van der Waals surface area contributed by atoms with Crippen LogP contribution in [0.1, 0.15) is 2.85 Å². The van der Waals surface area contributed by atoms with Gasteiger partial charge in [-0.3, -0.25) is 0 Å². The third-order valence-electron chi connectivity index (χ3n) is 0.629. The molecule has 0 N–H and O–H groups in total. The summed E-state index contributed by atoms with van der Waals surface area (Å²) in [5.41, 5.74) is 0. The summed E-state index contributed by atoms with van der Waals surface area (Å²) in [5.74, 6) is 0. The van der Waals surface area contributed by atoms with E-state index in [1.807, 2.05) is 12.1 Å². The van der Waals surface area contributed by atoms with Gasteiger partial charge in [0.2, 0.25) is 0 Å². The maximum atomic E-state index is 5.43. The molecule has 1 aromatic heterocycles. The van der Waals surface area contributed by atoms with E-state index in [0.29, 0.717) is 5.15 Å². The van der Waals surface area contributed by atoms with Gasteiger partial charge in [0.05, 0.1) is 0 Å². The first kappa shape index (κ1) is 8.70. The van der Waals surface area contributed by atoms with E-state index in [0.717, 1.165) is 0 Å². The molecule has 0 unspecified atom stereocenters. The number of rotatable bonds is 0. The van der Waals surface area contributed by atoms with Gasteiger partial charge in [0.1, 0.15) is 5.15 Å². The Bertz CT molecular complexity index is 150. The quantitative estimate of drug-likeness (QED) is 0.410. The van der Waals surface area contributed by atoms with Gasteiger partial charge in [-0.25, -0.2) is 4.98 Å². The van der Waals surface area contributed by atoms with Crippen LogP contribution in [0.2, 0.25) is 5.15 Å². The van der Waals surface area contributed by atoms with Crippen LogP contribution in [0.4, 0.5) is 0 Å². The van der Waals surface area contributed by atoms with Gasteiger partial charge < -0.3 is 2.85 Å². The maximum Gasteiger partial charge on any atom is 2.00 e. The van der Waals surface area contributed by atoms with Crippen LogP contribution in [0.5, 0.6) is 0 Å². The summed E-state index contributed by atoms with van der Waals surface area (Å²) in [6.07, 6.45) is 1.66. The normalized spacial score (nSPS) is 7.62. The molecule has 1 aromatic rings. The van der Waals surface area contributed by atoms with E-state index < -0.39 is 0 Å². The summed E-state index contributed by atoms with van der Waals surface area (Å²) in [4.78, 5) is 3.74. The number of aromatic nitrogens is 1. The Hall–Kier alpha value is 0.700. The van der Waals surface area contributed by atoms with Crippen molar-refractivity contribution in [2.24, 2.45) is 0 Å². The van der Waals surface area contributed by atoms with Gasteiger partial charge in [-0.15, -0.1) is 0 Å². The number of nitrogens with zero attached hydrogens (tertiary/aromatic N) is 1. The fraction of sp³-hybridized carbons (Fsp3) is 0. The van der Waals surface area contributed by atoms with E-state index in [1.54, 1.807) is 12.3 Å². The third kappa shape index (κ3) is 2.88. The van der Waals surface area contributed by atoms with Crippen molar-refractivity contribution in [1.29, 1.82) is 0 Å². The Morgan fingerprint density at radius 2 is 2.25 bits per heavy atom. The van der Waals surface area contributed by atoms with Crippen molar-refractivity contribution in [3.8, 4) is 0 Å². The molecule has 3 heteroatoms. The Kier molecular flexibility index (Phi) is 4.97. The number of halogens is 1. The first-order valence-electron chi connectivity index (χ1n) is 1.96. The van der Waals surface area contributed by atoms with Crippen molar-refractivity contribution in [2.45, 2.75) is 0 Å². The molecule has 0 spiro atoms. The molecule has 1 heterocycles. The summed E-state index contributed by atoms with van der Waals surface area (Å²) in [5, 5.41) is 0.544. The van der Waals surface area contributed by atoms with Crippen molar-refractivity contribution >= 4 is 49.3 Å². The molecule has 0 aliphatic heterocycles. The average Bonchev–Trinajstić information content (AvgIpc) is 1.69. The number of pyridine rings is 1. The fourth-order valence-electron chi connectivity index (χ4n) is 0.342. The minimum atomic E-state index is 0. The number of hydrogen-bond acceptors (Lipinski definition) is 1. The summed E-state index contributed by atoms with van der Waals surface area (Å²) >= 11 is 5.43. The van der Waals surface area contributed by atoms with Crippen LogP contribution in [0.3, 0.4) is 0 Å². The van der Waals surface area contributed by atoms with Gasteiger partial charge in [0.25, 0.3) is 0 Å². The molecular weight excluding hydrogens is 150 g/mol. The van der Waals surface area contributed by atoms with Crippen molar-refractivity contribution in [3.63, 3.8) is 0 Å². The van der Waals surface area contributed by atoms with Crippen LogP contribution in [-0.4, -0.2) is 42.7 Å². The second-order valence-electron chi connectivity index (χ2n) is 1.15. The van der Waals surface area contributed by atoms with E-state index in [-0.39, 0.29) is 40.6 Å². The molecule has 0 fully saturated rings. The zero-order valence-corrected chi connectivity index (χ0v) is 7.31. The maximum absolute atomic E-state index is 5.43. The van der Waals surface area contributed by atoms with Crippen LogP contribution < -0.4 is 0 Å². The summed E-state index contributed by atoms with van der Waals surface area (Å²) in [6, 6.07) is 5.41. The molecule has 0 aromatic carbocycles. The first-order chi connectivity index (χ1) is 3.39. The van der Waals surface area contributed by atoms with Crippen LogP contribution in [-0.2, 0) is 0 Å². The van der Waals surface area contributed by atoms with Gasteiger partial charge in [-0.1, -0.05) is 17.7 Å². The molecule has 0 atom stereocenters. The van der Waals surface area contributed by atoms with E-state index in [2.05, 4.69) is 4.98 Å².